The van der Waals surface area contributed by atoms with Gasteiger partial charge in [-0.2, -0.15) is 0 Å². The van der Waals surface area contributed by atoms with Gasteiger partial charge in [-0.1, -0.05) is 18.2 Å². The molecule has 32 heavy (non-hydrogen) atoms. The van der Waals surface area contributed by atoms with E-state index in [1.165, 1.54) is 21.6 Å². The number of hydrogen-bond donors (Lipinski definition) is 2. The highest BCUT2D eigenvalue weighted by atomic mass is 16.5. The number of nitrogens with zero attached hydrogens (tertiary/aromatic N) is 4. The highest BCUT2D eigenvalue weighted by Crippen LogP contribution is 2.36. The van der Waals surface area contributed by atoms with Crippen LogP contribution in [0.3, 0.4) is 0 Å². The van der Waals surface area contributed by atoms with Gasteiger partial charge in [0, 0.05) is 73.0 Å². The molecule has 1 aromatic rings. The second-order valence-corrected chi connectivity index (χ2v) is 8.82. The standard InChI is InChI=1S/C24H33N6O2/c1-32-23-7-3-2-6-22(23)28-15-13-27(14-16-28)12-10-26-30-18-19-17-29(31)11-8-20(19)21-5-4-9-25-24(21)30/h2-7,9,18,20,24-26H,8,10-17H2,1H3/q+1. The van der Waals surface area contributed by atoms with Gasteiger partial charge in [-0.05, 0) is 30.0 Å². The van der Waals surface area contributed by atoms with Crippen LogP contribution in [-0.2, 0) is 0 Å². The number of nitrogens with one attached hydrogen (secondary N) is 2. The van der Waals surface area contributed by atoms with Crippen molar-refractivity contribution in [3.63, 3.8) is 0 Å². The fourth-order valence-electron chi connectivity index (χ4n) is 5.23. The zero-order valence-electron chi connectivity index (χ0n) is 18.7. The lowest BCUT2D eigenvalue weighted by atomic mass is 9.81. The van der Waals surface area contributed by atoms with E-state index in [2.05, 4.69) is 56.0 Å². The summed E-state index contributed by atoms with van der Waals surface area (Å²) in [5.41, 5.74) is 7.35. The number of hydrogen-bond acceptors (Lipinski definition) is 7. The monoisotopic (exact) mass is 437 g/mol. The summed E-state index contributed by atoms with van der Waals surface area (Å²) in [6, 6.07) is 8.25. The topological polar surface area (TPSA) is 63.1 Å². The predicted molar refractivity (Wildman–Crippen MR) is 125 cm³/mol. The first-order valence-corrected chi connectivity index (χ1v) is 11.6. The van der Waals surface area contributed by atoms with E-state index in [9.17, 15) is 4.91 Å². The molecule has 4 aliphatic rings. The van der Waals surface area contributed by atoms with E-state index in [-0.39, 0.29) is 6.17 Å². The summed E-state index contributed by atoms with van der Waals surface area (Å²) in [6.07, 6.45) is 9.46. The number of methoxy groups -OCH3 is 1. The van der Waals surface area contributed by atoms with Gasteiger partial charge in [-0.15, -0.1) is 0 Å². The van der Waals surface area contributed by atoms with E-state index in [4.69, 9.17) is 4.74 Å². The zero-order valence-corrected chi connectivity index (χ0v) is 18.7. The molecule has 8 nitrogen and oxygen atoms in total. The Bertz CT molecular complexity index is 934. The average Bonchev–Trinajstić information content (AvgIpc) is 2.84. The minimum Gasteiger partial charge on any atom is -0.495 e. The molecular weight excluding hydrogens is 404 g/mol. The van der Waals surface area contributed by atoms with Crippen LogP contribution in [0.4, 0.5) is 5.69 Å². The molecule has 2 fully saturated rings. The summed E-state index contributed by atoms with van der Waals surface area (Å²) in [6.45, 7) is 7.02. The summed E-state index contributed by atoms with van der Waals surface area (Å²) in [4.78, 5) is 16.9. The molecule has 0 spiro atoms. The van der Waals surface area contributed by atoms with Crippen LogP contribution in [0.2, 0.25) is 0 Å². The molecule has 0 aromatic heterocycles. The van der Waals surface area contributed by atoms with Crippen LogP contribution >= 0.6 is 0 Å². The zero-order chi connectivity index (χ0) is 21.9. The Labute approximate surface area is 189 Å². The third-order valence-corrected chi connectivity index (χ3v) is 6.93. The molecule has 8 heteroatoms. The lowest BCUT2D eigenvalue weighted by Gasteiger charge is -2.43. The molecule has 2 N–H and O–H groups in total. The number of anilines is 1. The van der Waals surface area contributed by atoms with Crippen LogP contribution in [-0.4, -0.2) is 80.3 Å². The number of allylic oxidation sites excluding steroid dienone is 2. The summed E-state index contributed by atoms with van der Waals surface area (Å²) in [7, 11) is 1.73. The van der Waals surface area contributed by atoms with Crippen molar-refractivity contribution in [2.24, 2.45) is 5.92 Å². The van der Waals surface area contributed by atoms with Gasteiger partial charge in [0.2, 0.25) is 6.54 Å². The van der Waals surface area contributed by atoms with Crippen molar-refractivity contribution >= 4 is 5.69 Å². The smallest absolute Gasteiger partial charge is 0.215 e. The number of para-hydroxylation sites is 2. The first-order valence-electron chi connectivity index (χ1n) is 11.6. The SMILES string of the molecule is COc1ccccc1N1CCN(CCNN2C=C3C[N+](=O)CCC3C3=CC=CNC32)CC1. The van der Waals surface area contributed by atoms with Gasteiger partial charge in [0.05, 0.1) is 12.8 Å². The molecule has 0 amide bonds. The Kier molecular flexibility index (Phi) is 6.14. The van der Waals surface area contributed by atoms with Crippen molar-refractivity contribution in [1.29, 1.82) is 0 Å². The third kappa shape index (κ3) is 4.25. The molecule has 0 bridgehead atoms. The number of ether oxygens (including phenoxy) is 1. The summed E-state index contributed by atoms with van der Waals surface area (Å²) < 4.78 is 6.71. The van der Waals surface area contributed by atoms with Crippen molar-refractivity contribution in [3.8, 4) is 5.75 Å². The van der Waals surface area contributed by atoms with E-state index in [1.54, 1.807) is 7.11 Å². The maximum Gasteiger partial charge on any atom is 0.215 e. The number of piperidine rings is 1. The Balaban J connectivity index is 1.15. The molecule has 2 unspecified atom stereocenters. The van der Waals surface area contributed by atoms with Gasteiger partial charge < -0.3 is 15.0 Å². The van der Waals surface area contributed by atoms with Crippen molar-refractivity contribution in [3.05, 3.63) is 64.9 Å². The number of dihydropyridines is 1. The molecule has 2 atom stereocenters. The Morgan fingerprint density at radius 3 is 2.91 bits per heavy atom. The van der Waals surface area contributed by atoms with Gasteiger partial charge in [-0.3, -0.25) is 9.91 Å². The second kappa shape index (κ2) is 9.34. The number of rotatable bonds is 6. The van der Waals surface area contributed by atoms with Crippen LogP contribution in [0.5, 0.6) is 5.75 Å². The average molecular weight is 438 g/mol. The predicted octanol–water partition coefficient (Wildman–Crippen LogP) is 1.69. The highest BCUT2D eigenvalue weighted by molar-refractivity contribution is 5.58. The Hall–Kier alpha value is -2.84. The number of benzene rings is 1. The van der Waals surface area contributed by atoms with Crippen LogP contribution in [0.25, 0.3) is 0 Å². The quantitative estimate of drug-likeness (QED) is 0.657. The number of nitroso groups, excluding NO2 is 1. The van der Waals surface area contributed by atoms with Crippen LogP contribution in [0.15, 0.2) is 60.0 Å². The lowest BCUT2D eigenvalue weighted by molar-refractivity contribution is -0.549. The van der Waals surface area contributed by atoms with Gasteiger partial charge in [0.1, 0.15) is 11.9 Å². The molecular formula is C24H33N6O2+. The molecule has 1 aromatic carbocycles. The van der Waals surface area contributed by atoms with Crippen LogP contribution in [0.1, 0.15) is 6.42 Å². The highest BCUT2D eigenvalue weighted by Gasteiger charge is 2.40. The minimum atomic E-state index is 0.120. The third-order valence-electron chi connectivity index (χ3n) is 6.93. The second-order valence-electron chi connectivity index (χ2n) is 8.82. The largest absolute Gasteiger partial charge is 0.495 e. The first-order chi connectivity index (χ1) is 15.7. The molecule has 4 aliphatic heterocycles. The van der Waals surface area contributed by atoms with Crippen LogP contribution < -0.4 is 20.4 Å². The van der Waals surface area contributed by atoms with E-state index in [0.717, 1.165) is 51.4 Å². The van der Waals surface area contributed by atoms with Gasteiger partial charge in [-0.25, -0.2) is 5.43 Å². The maximum atomic E-state index is 11.9. The fourth-order valence-corrected chi connectivity index (χ4v) is 5.23. The lowest BCUT2D eigenvalue weighted by Crippen LogP contribution is -2.56. The molecule has 0 saturated carbocycles. The molecule has 2 saturated heterocycles. The number of fused-ring (bicyclic) bond motifs is 3. The summed E-state index contributed by atoms with van der Waals surface area (Å²) in [5.74, 6) is 1.32. The molecule has 170 valence electrons. The van der Waals surface area contributed by atoms with Gasteiger partial charge in [0.25, 0.3) is 0 Å². The summed E-state index contributed by atoms with van der Waals surface area (Å²) >= 11 is 0. The molecule has 5 rings (SSSR count). The summed E-state index contributed by atoms with van der Waals surface area (Å²) in [5, 5.41) is 5.64. The fraction of sp³-hybridized carbons (Fsp3) is 0.500. The van der Waals surface area contributed by atoms with E-state index < -0.39 is 0 Å². The van der Waals surface area contributed by atoms with E-state index >= 15 is 0 Å². The van der Waals surface area contributed by atoms with Gasteiger partial charge in [0.15, 0.2) is 6.54 Å². The Morgan fingerprint density at radius 2 is 2.06 bits per heavy atom. The number of piperazine rings is 1. The van der Waals surface area contributed by atoms with Gasteiger partial charge >= 0.3 is 0 Å². The van der Waals surface area contributed by atoms with Crippen molar-refractivity contribution in [2.45, 2.75) is 12.6 Å². The van der Waals surface area contributed by atoms with E-state index in [1.807, 2.05) is 18.3 Å². The Morgan fingerprint density at radius 1 is 1.22 bits per heavy atom. The molecule has 0 radical (unpaired) electrons. The van der Waals surface area contributed by atoms with Crippen LogP contribution in [0, 0.1) is 10.8 Å². The molecule has 4 heterocycles. The first kappa shape index (κ1) is 21.0. The van der Waals surface area contributed by atoms with Crippen molar-refractivity contribution in [1.82, 2.24) is 20.7 Å². The van der Waals surface area contributed by atoms with E-state index in [0.29, 0.717) is 19.0 Å². The minimum absolute atomic E-state index is 0.120. The normalized spacial score (nSPS) is 25.5. The van der Waals surface area contributed by atoms with Crippen molar-refractivity contribution in [2.75, 3.05) is 64.4 Å². The van der Waals surface area contributed by atoms with Crippen molar-refractivity contribution < 1.29 is 9.50 Å². The maximum absolute atomic E-state index is 11.9. The number of hydrazine groups is 1. The molecule has 0 aliphatic carbocycles.